The molecule has 7 heteroatoms. The lowest BCUT2D eigenvalue weighted by Gasteiger charge is -2.38. The van der Waals surface area contributed by atoms with Crippen molar-refractivity contribution in [3.05, 3.63) is 58.0 Å². The Bertz CT molecular complexity index is 825. The summed E-state index contributed by atoms with van der Waals surface area (Å²) in [6.07, 6.45) is 0.457. The second-order valence-corrected chi connectivity index (χ2v) is 5.70. The summed E-state index contributed by atoms with van der Waals surface area (Å²) in [4.78, 5) is 37.7. The highest BCUT2D eigenvalue weighted by molar-refractivity contribution is 6.06. The molecule has 124 valence electrons. The first-order chi connectivity index (χ1) is 11.5. The number of nitrogens with zero attached hydrogens (tertiary/aromatic N) is 2. The molecular formula is C17H17N3O4. The van der Waals surface area contributed by atoms with Gasteiger partial charge in [-0.05, 0) is 31.0 Å². The number of fused-ring (bicyclic) bond motifs is 1. The van der Waals surface area contributed by atoms with E-state index in [0.29, 0.717) is 12.1 Å². The van der Waals surface area contributed by atoms with E-state index in [1.165, 1.54) is 19.2 Å². The lowest BCUT2D eigenvalue weighted by Crippen LogP contribution is -2.45. The van der Waals surface area contributed by atoms with Crippen LogP contribution in [0.1, 0.15) is 35.3 Å². The monoisotopic (exact) mass is 327 g/mol. The van der Waals surface area contributed by atoms with Crippen LogP contribution < -0.4 is 10.5 Å². The molecule has 24 heavy (non-hydrogen) atoms. The van der Waals surface area contributed by atoms with Crippen molar-refractivity contribution in [1.29, 1.82) is 0 Å². The Balaban J connectivity index is 2.04. The first-order valence-electron chi connectivity index (χ1n) is 7.59. The van der Waals surface area contributed by atoms with Gasteiger partial charge in [0.05, 0.1) is 13.0 Å². The molecule has 0 saturated carbocycles. The smallest absolute Gasteiger partial charge is 0.313 e. The Morgan fingerprint density at radius 3 is 2.67 bits per heavy atom. The van der Waals surface area contributed by atoms with Crippen LogP contribution in [0.15, 0.2) is 41.2 Å². The summed E-state index contributed by atoms with van der Waals surface area (Å²) >= 11 is 0. The summed E-state index contributed by atoms with van der Waals surface area (Å²) in [6, 6.07) is 9.69. The lowest BCUT2D eigenvalue weighted by atomic mass is 9.86. The molecule has 2 unspecified atom stereocenters. The highest BCUT2D eigenvalue weighted by Crippen LogP contribution is 2.39. The van der Waals surface area contributed by atoms with Gasteiger partial charge in [-0.3, -0.25) is 14.4 Å². The number of amides is 1. The Labute approximate surface area is 138 Å². The molecule has 0 aliphatic carbocycles. The number of nitrogens with one attached hydrogen (secondary N) is 1. The number of hydrogen-bond donors (Lipinski definition) is 1. The summed E-state index contributed by atoms with van der Waals surface area (Å²) in [5, 5.41) is 6.08. The van der Waals surface area contributed by atoms with E-state index in [1.54, 1.807) is 11.0 Å². The summed E-state index contributed by atoms with van der Waals surface area (Å²) in [6.45, 7) is 1.87. The third kappa shape index (κ3) is 2.68. The van der Waals surface area contributed by atoms with Gasteiger partial charge in [0, 0.05) is 17.8 Å². The van der Waals surface area contributed by atoms with Crippen molar-refractivity contribution in [3.63, 3.8) is 0 Å². The van der Waals surface area contributed by atoms with E-state index in [1.807, 2.05) is 25.1 Å². The maximum Gasteiger partial charge on any atom is 0.313 e. The number of esters is 1. The number of para-hydroxylation sites is 1. The summed E-state index contributed by atoms with van der Waals surface area (Å²) < 4.78 is 4.89. The van der Waals surface area contributed by atoms with Crippen LogP contribution in [-0.2, 0) is 9.53 Å². The third-order valence-corrected chi connectivity index (χ3v) is 4.19. The number of methoxy groups -OCH3 is 1. The molecule has 2 atom stereocenters. The van der Waals surface area contributed by atoms with Crippen molar-refractivity contribution in [2.24, 2.45) is 0 Å². The van der Waals surface area contributed by atoms with Crippen molar-refractivity contribution >= 4 is 17.6 Å². The molecule has 1 aliphatic rings. The fraction of sp³-hybridized carbons (Fsp3) is 0.294. The van der Waals surface area contributed by atoms with E-state index in [0.717, 1.165) is 5.56 Å². The average Bonchev–Trinajstić information content (AvgIpc) is 2.60. The van der Waals surface area contributed by atoms with Crippen LogP contribution in [0.2, 0.25) is 0 Å². The van der Waals surface area contributed by atoms with Gasteiger partial charge in [0.1, 0.15) is 5.69 Å². The number of benzene rings is 1. The molecule has 1 amide bonds. The average molecular weight is 327 g/mol. The van der Waals surface area contributed by atoms with Gasteiger partial charge in [0.25, 0.3) is 11.5 Å². The van der Waals surface area contributed by atoms with Crippen LogP contribution in [0.4, 0.5) is 5.69 Å². The quantitative estimate of drug-likeness (QED) is 0.843. The van der Waals surface area contributed by atoms with E-state index in [2.05, 4.69) is 10.2 Å². The number of hydrogen-bond acceptors (Lipinski definition) is 5. The maximum absolute atomic E-state index is 12.9. The number of aromatic nitrogens is 2. The molecule has 2 aromatic rings. The Morgan fingerprint density at radius 1 is 1.25 bits per heavy atom. The van der Waals surface area contributed by atoms with Crippen molar-refractivity contribution in [1.82, 2.24) is 10.2 Å². The zero-order valence-corrected chi connectivity index (χ0v) is 13.4. The van der Waals surface area contributed by atoms with E-state index in [-0.39, 0.29) is 29.2 Å². The number of carbonyl (C=O) groups is 2. The van der Waals surface area contributed by atoms with Gasteiger partial charge in [-0.2, -0.15) is 5.10 Å². The second kappa shape index (κ2) is 6.27. The van der Waals surface area contributed by atoms with Crippen LogP contribution in [0.25, 0.3) is 0 Å². The SMILES string of the molecule is COC(=O)C1CC(C)N(C(=O)c2ccc(=O)[nH]n2)c2ccccc21. The van der Waals surface area contributed by atoms with Gasteiger partial charge >= 0.3 is 5.97 Å². The number of anilines is 1. The number of H-pyrrole nitrogens is 1. The molecule has 0 spiro atoms. The van der Waals surface area contributed by atoms with E-state index in [4.69, 9.17) is 4.74 Å². The maximum atomic E-state index is 12.9. The molecule has 1 aromatic heterocycles. The summed E-state index contributed by atoms with van der Waals surface area (Å²) in [5.41, 5.74) is 1.18. The Hall–Kier alpha value is -2.96. The molecule has 1 aliphatic heterocycles. The van der Waals surface area contributed by atoms with Gasteiger partial charge in [0.15, 0.2) is 0 Å². The first-order valence-corrected chi connectivity index (χ1v) is 7.59. The van der Waals surface area contributed by atoms with Crippen molar-refractivity contribution in [2.75, 3.05) is 12.0 Å². The van der Waals surface area contributed by atoms with E-state index >= 15 is 0 Å². The minimum absolute atomic E-state index is 0.146. The lowest BCUT2D eigenvalue weighted by molar-refractivity contribution is -0.142. The number of rotatable bonds is 2. The van der Waals surface area contributed by atoms with Gasteiger partial charge in [0.2, 0.25) is 0 Å². The molecule has 0 saturated heterocycles. The minimum atomic E-state index is -0.409. The van der Waals surface area contributed by atoms with Crippen molar-refractivity contribution < 1.29 is 14.3 Å². The highest BCUT2D eigenvalue weighted by atomic mass is 16.5. The van der Waals surface area contributed by atoms with Gasteiger partial charge in [-0.1, -0.05) is 18.2 Å². The first kappa shape index (κ1) is 15.9. The van der Waals surface area contributed by atoms with E-state index < -0.39 is 5.92 Å². The van der Waals surface area contributed by atoms with E-state index in [9.17, 15) is 14.4 Å². The molecule has 1 N–H and O–H groups in total. The number of carbonyl (C=O) groups excluding carboxylic acids is 2. The fourth-order valence-corrected chi connectivity index (χ4v) is 3.07. The van der Waals surface area contributed by atoms with Crippen molar-refractivity contribution in [2.45, 2.75) is 25.3 Å². The molecule has 0 radical (unpaired) electrons. The zero-order chi connectivity index (χ0) is 17.3. The van der Waals surface area contributed by atoms with Crippen molar-refractivity contribution in [3.8, 4) is 0 Å². The molecule has 0 fully saturated rings. The minimum Gasteiger partial charge on any atom is -0.469 e. The van der Waals surface area contributed by atoms with Gasteiger partial charge in [-0.25, -0.2) is 5.10 Å². The van der Waals surface area contributed by atoms with Gasteiger partial charge < -0.3 is 9.64 Å². The highest BCUT2D eigenvalue weighted by Gasteiger charge is 2.38. The predicted octanol–water partition coefficient (Wildman–Crippen LogP) is 1.47. The van der Waals surface area contributed by atoms with Crippen LogP contribution in [0.5, 0.6) is 0 Å². The summed E-state index contributed by atoms with van der Waals surface area (Å²) in [7, 11) is 1.36. The molecule has 3 rings (SSSR count). The Morgan fingerprint density at radius 2 is 2.00 bits per heavy atom. The number of aromatic amines is 1. The largest absolute Gasteiger partial charge is 0.469 e. The molecular weight excluding hydrogens is 310 g/mol. The molecule has 7 nitrogen and oxygen atoms in total. The molecule has 0 bridgehead atoms. The molecule has 1 aromatic carbocycles. The van der Waals surface area contributed by atoms with Crippen LogP contribution >= 0.6 is 0 Å². The summed E-state index contributed by atoms with van der Waals surface area (Å²) in [5.74, 6) is -1.05. The van der Waals surface area contributed by atoms with Crippen LogP contribution in [-0.4, -0.2) is 35.2 Å². The van der Waals surface area contributed by atoms with Crippen LogP contribution in [0.3, 0.4) is 0 Å². The zero-order valence-electron chi connectivity index (χ0n) is 13.4. The Kier molecular flexibility index (Phi) is 4.16. The second-order valence-electron chi connectivity index (χ2n) is 5.70. The van der Waals surface area contributed by atoms with Gasteiger partial charge in [-0.15, -0.1) is 0 Å². The fourth-order valence-electron chi connectivity index (χ4n) is 3.07. The topological polar surface area (TPSA) is 92.4 Å². The predicted molar refractivity (Wildman–Crippen MR) is 86.9 cm³/mol. The molecule has 2 heterocycles. The number of ether oxygens (including phenoxy) is 1. The standard InChI is InChI=1S/C17H17N3O4/c1-10-9-12(17(23)24-2)11-5-3-4-6-14(11)20(10)16(22)13-7-8-15(21)19-18-13/h3-8,10,12H,9H2,1-2H3,(H,19,21). The third-order valence-electron chi connectivity index (χ3n) is 4.19. The van der Waals surface area contributed by atoms with Crippen LogP contribution in [0, 0.1) is 0 Å². The normalized spacial score (nSPS) is 19.5.